The first kappa shape index (κ1) is 18.5. The van der Waals surface area contributed by atoms with Gasteiger partial charge in [0.1, 0.15) is 6.54 Å². The molecule has 0 unspecified atom stereocenters. The lowest BCUT2D eigenvalue weighted by molar-refractivity contribution is -0.135. The van der Waals surface area contributed by atoms with E-state index in [-0.39, 0.29) is 6.10 Å². The fourth-order valence-electron chi connectivity index (χ4n) is 0.971. The number of aryl methyl sites for hydroxylation is 1. The minimum absolute atomic E-state index is 0.233. The Kier molecular flexibility index (Phi) is 8.76. The van der Waals surface area contributed by atoms with E-state index >= 15 is 0 Å². The van der Waals surface area contributed by atoms with Gasteiger partial charge in [-0.25, -0.2) is 4.79 Å². The highest BCUT2D eigenvalue weighted by atomic mass is 35.5. The van der Waals surface area contributed by atoms with Gasteiger partial charge in [-0.15, -0.1) is 0 Å². The van der Waals surface area contributed by atoms with Gasteiger partial charge in [0, 0.05) is 10.0 Å². The minimum atomic E-state index is -1.09. The number of benzene rings is 1. The average Bonchev–Trinajstić information content (AvgIpc) is 2.32. The largest absolute Gasteiger partial charge is 0.480 e. The van der Waals surface area contributed by atoms with Crippen molar-refractivity contribution in [2.24, 2.45) is 0 Å². The number of hydrogen-bond acceptors (Lipinski definition) is 3. The van der Waals surface area contributed by atoms with Gasteiger partial charge in [0.15, 0.2) is 0 Å². The van der Waals surface area contributed by atoms with E-state index in [9.17, 15) is 9.59 Å². The summed E-state index contributed by atoms with van der Waals surface area (Å²) in [5.74, 6) is -1.09. The summed E-state index contributed by atoms with van der Waals surface area (Å²) in [4.78, 5) is 20.5. The Balaban J connectivity index is 0.000000367. The average molecular weight is 322 g/mol. The van der Waals surface area contributed by atoms with Crippen molar-refractivity contribution in [2.75, 3.05) is 6.54 Å². The van der Waals surface area contributed by atoms with Gasteiger partial charge in [0.05, 0.1) is 6.10 Å². The predicted octanol–water partition coefficient (Wildman–Crippen LogP) is 3.51. The molecule has 0 aromatic heterocycles. The summed E-state index contributed by atoms with van der Waals surface area (Å²) >= 11 is 11.4. The van der Waals surface area contributed by atoms with Gasteiger partial charge in [-0.3, -0.25) is 4.79 Å². The van der Waals surface area contributed by atoms with E-state index in [1.807, 2.05) is 19.1 Å². The van der Waals surface area contributed by atoms with Crippen molar-refractivity contribution in [1.82, 2.24) is 5.32 Å². The third-order valence-corrected chi connectivity index (χ3v) is 2.50. The van der Waals surface area contributed by atoms with Crippen molar-refractivity contribution in [3.8, 4) is 0 Å². The number of carboxylic acids is 1. The summed E-state index contributed by atoms with van der Waals surface area (Å²) < 4.78 is 4.59. The maximum atomic E-state index is 10.6. The molecular formula is C13H17Cl2NO4. The van der Waals surface area contributed by atoms with Gasteiger partial charge < -0.3 is 15.2 Å². The van der Waals surface area contributed by atoms with E-state index in [4.69, 9.17) is 28.3 Å². The third kappa shape index (κ3) is 9.47. The zero-order valence-corrected chi connectivity index (χ0v) is 13.0. The highest BCUT2D eigenvalue weighted by Crippen LogP contribution is 2.19. The molecule has 0 spiro atoms. The standard InChI is InChI=1S/C7H6Cl2.C6H11NO4/c1-5-2-3-6(8)4-7(5)9;1-4(2)11-6(10)7-3-5(8)9/h2-4H,1H3;4H,3H2,1-2H3,(H,7,10)(H,8,9). The summed E-state index contributed by atoms with van der Waals surface area (Å²) in [6, 6.07) is 5.45. The number of ether oxygens (including phenoxy) is 1. The van der Waals surface area contributed by atoms with Crippen molar-refractivity contribution >= 4 is 35.3 Å². The second kappa shape index (κ2) is 9.44. The zero-order chi connectivity index (χ0) is 15.7. The molecular weight excluding hydrogens is 305 g/mol. The maximum absolute atomic E-state index is 10.6. The lowest BCUT2D eigenvalue weighted by atomic mass is 10.2. The summed E-state index contributed by atoms with van der Waals surface area (Å²) in [6.45, 7) is 4.89. The van der Waals surface area contributed by atoms with Crippen LogP contribution in [-0.2, 0) is 9.53 Å². The Morgan fingerprint density at radius 3 is 2.35 bits per heavy atom. The molecule has 0 radical (unpaired) electrons. The molecule has 1 aromatic rings. The Labute approximate surface area is 127 Å². The van der Waals surface area contributed by atoms with Gasteiger partial charge in [-0.1, -0.05) is 29.3 Å². The second-order valence-electron chi connectivity index (χ2n) is 4.09. The highest BCUT2D eigenvalue weighted by molar-refractivity contribution is 6.35. The van der Waals surface area contributed by atoms with Crippen molar-refractivity contribution < 1.29 is 19.4 Å². The molecule has 112 valence electrons. The first-order chi connectivity index (χ1) is 9.22. The first-order valence-electron chi connectivity index (χ1n) is 5.80. The molecule has 0 fully saturated rings. The van der Waals surface area contributed by atoms with Gasteiger partial charge in [-0.05, 0) is 38.5 Å². The molecule has 1 amide bonds. The molecule has 5 nitrogen and oxygen atoms in total. The van der Waals surface area contributed by atoms with Crippen LogP contribution in [-0.4, -0.2) is 29.8 Å². The number of carboxylic acid groups (broad SMARTS) is 1. The number of nitrogens with one attached hydrogen (secondary N) is 1. The molecule has 0 aliphatic heterocycles. The maximum Gasteiger partial charge on any atom is 0.407 e. The molecule has 7 heteroatoms. The lowest BCUT2D eigenvalue weighted by Crippen LogP contribution is -2.31. The van der Waals surface area contributed by atoms with E-state index in [1.54, 1.807) is 19.9 Å². The van der Waals surface area contributed by atoms with Crippen LogP contribution in [0.3, 0.4) is 0 Å². The highest BCUT2D eigenvalue weighted by Gasteiger charge is 2.05. The van der Waals surface area contributed by atoms with E-state index in [2.05, 4.69) is 10.1 Å². The molecule has 20 heavy (non-hydrogen) atoms. The van der Waals surface area contributed by atoms with Crippen molar-refractivity contribution in [2.45, 2.75) is 26.9 Å². The molecule has 2 N–H and O–H groups in total. The van der Waals surface area contributed by atoms with Crippen molar-refractivity contribution in [1.29, 1.82) is 0 Å². The fraction of sp³-hybridized carbons (Fsp3) is 0.385. The van der Waals surface area contributed by atoms with Crippen LogP contribution in [0.4, 0.5) is 4.79 Å². The Morgan fingerprint density at radius 1 is 1.35 bits per heavy atom. The Morgan fingerprint density at radius 2 is 1.95 bits per heavy atom. The number of amides is 1. The Hall–Kier alpha value is -1.46. The summed E-state index contributed by atoms with van der Waals surface area (Å²) in [5, 5.41) is 11.6. The van der Waals surface area contributed by atoms with E-state index in [0.29, 0.717) is 5.02 Å². The minimum Gasteiger partial charge on any atom is -0.480 e. The van der Waals surface area contributed by atoms with Gasteiger partial charge in [0.25, 0.3) is 0 Å². The van der Waals surface area contributed by atoms with Crippen LogP contribution in [0.1, 0.15) is 19.4 Å². The number of carbonyl (C=O) groups excluding carboxylic acids is 1. The zero-order valence-electron chi connectivity index (χ0n) is 11.4. The molecule has 0 saturated carbocycles. The number of halogens is 2. The quantitative estimate of drug-likeness (QED) is 0.893. The van der Waals surface area contributed by atoms with E-state index in [0.717, 1.165) is 10.6 Å². The summed E-state index contributed by atoms with van der Waals surface area (Å²) in [6.07, 6.45) is -0.939. The topological polar surface area (TPSA) is 75.6 Å². The van der Waals surface area contributed by atoms with Crippen LogP contribution in [0.5, 0.6) is 0 Å². The van der Waals surface area contributed by atoms with Crippen LogP contribution in [0, 0.1) is 6.92 Å². The normalized spacial score (nSPS) is 9.50. The number of aliphatic carboxylic acids is 1. The van der Waals surface area contributed by atoms with Crippen LogP contribution >= 0.6 is 23.2 Å². The first-order valence-corrected chi connectivity index (χ1v) is 6.56. The molecule has 0 heterocycles. The summed E-state index contributed by atoms with van der Waals surface area (Å²) in [5.41, 5.74) is 1.06. The Bertz CT molecular complexity index is 464. The number of carbonyl (C=O) groups is 2. The van der Waals surface area contributed by atoms with Crippen molar-refractivity contribution in [3.63, 3.8) is 0 Å². The molecule has 1 rings (SSSR count). The fourth-order valence-corrected chi connectivity index (χ4v) is 1.38. The molecule has 0 atom stereocenters. The van der Waals surface area contributed by atoms with Crippen LogP contribution < -0.4 is 5.32 Å². The number of hydrogen-bond donors (Lipinski definition) is 2. The SMILES string of the molecule is CC(C)OC(=O)NCC(=O)O.Cc1ccc(Cl)cc1Cl. The van der Waals surface area contributed by atoms with E-state index in [1.165, 1.54) is 0 Å². The van der Waals surface area contributed by atoms with Crippen molar-refractivity contribution in [3.05, 3.63) is 33.8 Å². The van der Waals surface area contributed by atoms with Crippen LogP contribution in [0.25, 0.3) is 0 Å². The predicted molar refractivity (Wildman–Crippen MR) is 78.5 cm³/mol. The number of alkyl carbamates (subject to hydrolysis) is 1. The van der Waals surface area contributed by atoms with Crippen LogP contribution in [0.2, 0.25) is 10.0 Å². The summed E-state index contributed by atoms with van der Waals surface area (Å²) in [7, 11) is 0. The van der Waals surface area contributed by atoms with E-state index < -0.39 is 18.6 Å². The molecule has 0 aliphatic rings. The molecule has 0 saturated heterocycles. The molecule has 0 aliphatic carbocycles. The van der Waals surface area contributed by atoms with Gasteiger partial charge >= 0.3 is 12.1 Å². The smallest absolute Gasteiger partial charge is 0.407 e. The monoisotopic (exact) mass is 321 g/mol. The lowest BCUT2D eigenvalue weighted by Gasteiger charge is -2.07. The van der Waals surface area contributed by atoms with Gasteiger partial charge in [-0.2, -0.15) is 0 Å². The third-order valence-electron chi connectivity index (χ3n) is 1.86. The molecule has 0 bridgehead atoms. The molecule has 1 aromatic carbocycles. The second-order valence-corrected chi connectivity index (χ2v) is 4.94. The van der Waals surface area contributed by atoms with Gasteiger partial charge in [0.2, 0.25) is 0 Å². The van der Waals surface area contributed by atoms with Crippen LogP contribution in [0.15, 0.2) is 18.2 Å². The number of rotatable bonds is 3.